The summed E-state index contributed by atoms with van der Waals surface area (Å²) in [5.74, 6) is 0.603. The van der Waals surface area contributed by atoms with Gasteiger partial charge in [0.15, 0.2) is 0 Å². The van der Waals surface area contributed by atoms with E-state index in [1.165, 1.54) is 18.4 Å². The molecule has 0 saturated carbocycles. The van der Waals surface area contributed by atoms with E-state index in [1.54, 1.807) is 6.07 Å². The number of halogens is 1. The minimum absolute atomic E-state index is 0.0445. The van der Waals surface area contributed by atoms with Gasteiger partial charge in [-0.3, -0.25) is 0 Å². The Kier molecular flexibility index (Phi) is 2.39. The summed E-state index contributed by atoms with van der Waals surface area (Å²) in [4.78, 5) is 0. The first-order valence-corrected chi connectivity index (χ1v) is 3.38. The van der Waals surface area contributed by atoms with Crippen LogP contribution in [0, 0.1) is 0 Å². The van der Waals surface area contributed by atoms with E-state index in [9.17, 15) is 0 Å². The third kappa shape index (κ3) is 1.88. The maximum atomic E-state index is 9.00. The maximum absolute atomic E-state index is 9.00. The zero-order chi connectivity index (χ0) is 8.27. The second-order valence-corrected chi connectivity index (χ2v) is 2.30. The highest BCUT2D eigenvalue weighted by Gasteiger charge is 1.98. The van der Waals surface area contributed by atoms with Crippen LogP contribution in [0.4, 0.5) is 0 Å². The lowest BCUT2D eigenvalue weighted by Gasteiger charge is -2.00. The van der Waals surface area contributed by atoms with Crippen LogP contribution >= 0.6 is 11.6 Å². The number of phenols is 1. The molecule has 0 aliphatic heterocycles. The smallest absolute Gasteiger partial charge is 0.134 e. The van der Waals surface area contributed by atoms with Crippen molar-refractivity contribution in [3.63, 3.8) is 0 Å². The van der Waals surface area contributed by atoms with Gasteiger partial charge in [-0.2, -0.15) is 0 Å². The Morgan fingerprint density at radius 2 is 2.27 bits per heavy atom. The van der Waals surface area contributed by atoms with Crippen molar-refractivity contribution >= 4 is 11.6 Å². The molecule has 0 heterocycles. The SMILES string of the molecule is C=COc1ccc(O)c(Cl)c1. The van der Waals surface area contributed by atoms with Crippen LogP contribution in [0.2, 0.25) is 5.02 Å². The Morgan fingerprint density at radius 1 is 1.55 bits per heavy atom. The molecule has 11 heavy (non-hydrogen) atoms. The number of aromatic hydroxyl groups is 1. The second kappa shape index (κ2) is 3.30. The van der Waals surface area contributed by atoms with Gasteiger partial charge in [-0.25, -0.2) is 0 Å². The molecule has 0 unspecified atom stereocenters. The number of rotatable bonds is 2. The quantitative estimate of drug-likeness (QED) is 0.692. The number of hydrogen-bond acceptors (Lipinski definition) is 2. The van der Waals surface area contributed by atoms with Crippen LogP contribution in [0.5, 0.6) is 11.5 Å². The molecular formula is C8H7ClO2. The minimum atomic E-state index is 0.0445. The summed E-state index contributed by atoms with van der Waals surface area (Å²) in [7, 11) is 0. The summed E-state index contributed by atoms with van der Waals surface area (Å²) >= 11 is 5.59. The highest BCUT2D eigenvalue weighted by atomic mass is 35.5. The summed E-state index contributed by atoms with van der Waals surface area (Å²) in [5, 5.41) is 9.27. The molecule has 1 aromatic rings. The molecule has 1 aromatic carbocycles. The van der Waals surface area contributed by atoms with Crippen molar-refractivity contribution in [2.75, 3.05) is 0 Å². The highest BCUT2D eigenvalue weighted by Crippen LogP contribution is 2.27. The van der Waals surface area contributed by atoms with Crippen molar-refractivity contribution in [1.29, 1.82) is 0 Å². The Bertz CT molecular complexity index is 271. The molecule has 0 saturated heterocycles. The Hall–Kier alpha value is -1.15. The molecule has 0 fully saturated rings. The normalized spacial score (nSPS) is 9.18. The fourth-order valence-electron chi connectivity index (χ4n) is 0.657. The zero-order valence-electron chi connectivity index (χ0n) is 5.75. The zero-order valence-corrected chi connectivity index (χ0v) is 6.51. The Labute approximate surface area is 69.7 Å². The van der Waals surface area contributed by atoms with Crippen molar-refractivity contribution in [2.45, 2.75) is 0 Å². The van der Waals surface area contributed by atoms with Gasteiger partial charge in [0.2, 0.25) is 0 Å². The van der Waals surface area contributed by atoms with Crippen LogP contribution in [0.3, 0.4) is 0 Å². The fourth-order valence-corrected chi connectivity index (χ4v) is 0.828. The molecule has 0 amide bonds. The van der Waals surface area contributed by atoms with Gasteiger partial charge < -0.3 is 9.84 Å². The molecule has 0 aromatic heterocycles. The van der Waals surface area contributed by atoms with Crippen LogP contribution in [0.25, 0.3) is 0 Å². The summed E-state index contributed by atoms with van der Waals surface area (Å²) in [6.45, 7) is 3.38. The van der Waals surface area contributed by atoms with Gasteiger partial charge in [0.05, 0.1) is 11.3 Å². The summed E-state index contributed by atoms with van der Waals surface area (Å²) in [6, 6.07) is 4.57. The van der Waals surface area contributed by atoms with Crippen molar-refractivity contribution in [3.8, 4) is 11.5 Å². The average molecular weight is 171 g/mol. The predicted molar refractivity (Wildman–Crippen MR) is 43.9 cm³/mol. The van der Waals surface area contributed by atoms with E-state index in [2.05, 4.69) is 6.58 Å². The van der Waals surface area contributed by atoms with E-state index in [0.717, 1.165) is 0 Å². The molecule has 1 rings (SSSR count). The van der Waals surface area contributed by atoms with Gasteiger partial charge >= 0.3 is 0 Å². The van der Waals surface area contributed by atoms with E-state index in [0.29, 0.717) is 5.75 Å². The van der Waals surface area contributed by atoms with Gasteiger partial charge in [-0.05, 0) is 12.1 Å². The van der Waals surface area contributed by atoms with Crippen LogP contribution in [-0.4, -0.2) is 5.11 Å². The molecule has 0 radical (unpaired) electrons. The van der Waals surface area contributed by atoms with Crippen molar-refractivity contribution in [3.05, 3.63) is 36.1 Å². The average Bonchev–Trinajstić information content (AvgIpc) is 1.98. The number of ether oxygens (including phenoxy) is 1. The monoisotopic (exact) mass is 170 g/mol. The molecule has 0 atom stereocenters. The Morgan fingerprint density at radius 3 is 2.82 bits per heavy atom. The first kappa shape index (κ1) is 7.95. The first-order chi connectivity index (χ1) is 5.24. The van der Waals surface area contributed by atoms with E-state index in [1.807, 2.05) is 0 Å². The highest BCUT2D eigenvalue weighted by molar-refractivity contribution is 6.32. The van der Waals surface area contributed by atoms with Crippen LogP contribution < -0.4 is 4.74 Å². The molecule has 2 nitrogen and oxygen atoms in total. The van der Waals surface area contributed by atoms with Gasteiger partial charge in [-0.1, -0.05) is 18.2 Å². The van der Waals surface area contributed by atoms with E-state index < -0.39 is 0 Å². The molecule has 0 spiro atoms. The van der Waals surface area contributed by atoms with E-state index in [4.69, 9.17) is 21.4 Å². The Balaban J connectivity index is 2.95. The largest absolute Gasteiger partial charge is 0.506 e. The van der Waals surface area contributed by atoms with Gasteiger partial charge in [0.25, 0.3) is 0 Å². The molecule has 58 valence electrons. The first-order valence-electron chi connectivity index (χ1n) is 3.00. The lowest BCUT2D eigenvalue weighted by molar-refractivity contribution is 0.465. The molecule has 0 aliphatic carbocycles. The topological polar surface area (TPSA) is 29.5 Å². The number of hydrogen-bond donors (Lipinski definition) is 1. The molecular weight excluding hydrogens is 164 g/mol. The molecule has 1 N–H and O–H groups in total. The third-order valence-corrected chi connectivity index (χ3v) is 1.44. The number of phenolic OH excluding ortho intramolecular Hbond substituents is 1. The number of benzene rings is 1. The van der Waals surface area contributed by atoms with Crippen molar-refractivity contribution < 1.29 is 9.84 Å². The molecule has 3 heteroatoms. The van der Waals surface area contributed by atoms with E-state index in [-0.39, 0.29) is 10.8 Å². The minimum Gasteiger partial charge on any atom is -0.506 e. The van der Waals surface area contributed by atoms with Crippen molar-refractivity contribution in [2.24, 2.45) is 0 Å². The standard InChI is InChI=1S/C8H7ClO2/c1-2-11-6-3-4-8(10)7(9)5-6/h2-5,10H,1H2. The second-order valence-electron chi connectivity index (χ2n) is 1.90. The van der Waals surface area contributed by atoms with Gasteiger partial charge in [0.1, 0.15) is 11.5 Å². The summed E-state index contributed by atoms with van der Waals surface area (Å²) in [6.07, 6.45) is 1.29. The lowest BCUT2D eigenvalue weighted by Crippen LogP contribution is -1.79. The van der Waals surface area contributed by atoms with Crippen LogP contribution in [0.1, 0.15) is 0 Å². The van der Waals surface area contributed by atoms with Crippen molar-refractivity contribution in [1.82, 2.24) is 0 Å². The predicted octanol–water partition coefficient (Wildman–Crippen LogP) is 2.57. The molecule has 0 bridgehead atoms. The maximum Gasteiger partial charge on any atom is 0.134 e. The van der Waals surface area contributed by atoms with E-state index >= 15 is 0 Å². The summed E-state index contributed by atoms with van der Waals surface area (Å²) < 4.78 is 4.91. The fraction of sp³-hybridized carbons (Fsp3) is 0. The van der Waals surface area contributed by atoms with Crippen LogP contribution in [0.15, 0.2) is 31.0 Å². The summed E-state index contributed by atoms with van der Waals surface area (Å²) in [5.41, 5.74) is 0. The third-order valence-electron chi connectivity index (χ3n) is 1.14. The molecule has 0 aliphatic rings. The lowest BCUT2D eigenvalue weighted by atomic mass is 10.3. The van der Waals surface area contributed by atoms with Gasteiger partial charge in [0, 0.05) is 6.07 Å². The van der Waals surface area contributed by atoms with Gasteiger partial charge in [-0.15, -0.1) is 0 Å². The van der Waals surface area contributed by atoms with Crippen LogP contribution in [-0.2, 0) is 0 Å².